The van der Waals surface area contributed by atoms with Gasteiger partial charge >= 0.3 is 5.97 Å². The topological polar surface area (TPSA) is 90.9 Å². The highest BCUT2D eigenvalue weighted by Gasteiger charge is 2.15. The molecule has 9 nitrogen and oxygen atoms in total. The second-order valence-electron chi connectivity index (χ2n) is 4.72. The van der Waals surface area contributed by atoms with Crippen LogP contribution in [0, 0.1) is 0 Å². The fourth-order valence-electron chi connectivity index (χ4n) is 1.55. The Morgan fingerprint density at radius 3 is 2.15 bits per heavy atom. The molecule has 26 heavy (non-hydrogen) atoms. The van der Waals surface area contributed by atoms with Crippen LogP contribution in [0.1, 0.15) is 6.92 Å². The number of hydrogen-bond donors (Lipinski definition) is 0. The maximum atomic E-state index is 10.9. The Labute approximate surface area is 156 Å². The van der Waals surface area contributed by atoms with Gasteiger partial charge in [-0.25, -0.2) is 4.79 Å². The average Bonchev–Trinajstić information content (AvgIpc) is 2.61. The van der Waals surface area contributed by atoms with Gasteiger partial charge in [0.05, 0.1) is 31.5 Å². The smallest absolute Gasteiger partial charge is 0.352 e. The first-order valence-corrected chi connectivity index (χ1v) is 8.03. The van der Waals surface area contributed by atoms with E-state index in [0.29, 0.717) is 26.4 Å². The number of ether oxygens (including phenoxy) is 6. The summed E-state index contributed by atoms with van der Waals surface area (Å²) < 4.78 is 31.2. The molecule has 148 valence electrons. The van der Waals surface area contributed by atoms with E-state index in [1.54, 1.807) is 14.2 Å². The van der Waals surface area contributed by atoms with Crippen LogP contribution < -0.4 is 14.4 Å². The van der Waals surface area contributed by atoms with Gasteiger partial charge in [-0.15, -0.1) is 0 Å². The lowest BCUT2D eigenvalue weighted by Crippen LogP contribution is -2.11. The molecule has 10 heteroatoms. The summed E-state index contributed by atoms with van der Waals surface area (Å²) in [6.07, 6.45) is 0. The highest BCUT2D eigenvalue weighted by Crippen LogP contribution is 2.39. The van der Waals surface area contributed by atoms with Crippen LogP contribution in [0.5, 0.6) is 17.2 Å². The first kappa shape index (κ1) is 22.3. The molecule has 0 saturated heterocycles. The van der Waals surface area contributed by atoms with Gasteiger partial charge in [0.1, 0.15) is 0 Å². The van der Waals surface area contributed by atoms with Crippen molar-refractivity contribution in [1.82, 2.24) is 0 Å². The van der Waals surface area contributed by atoms with Gasteiger partial charge in [0, 0.05) is 33.3 Å². The highest BCUT2D eigenvalue weighted by molar-refractivity contribution is 6.32. The monoisotopic (exact) mass is 394 g/mol. The number of benzene rings is 1. The molecule has 0 aliphatic rings. The lowest BCUT2D eigenvalue weighted by atomic mass is 10.3. The number of carbonyl (C=O) groups is 1. The summed E-state index contributed by atoms with van der Waals surface area (Å²) in [6.45, 7) is 2.64. The molecule has 0 unspecified atom stereocenters. The second-order valence-corrected chi connectivity index (χ2v) is 5.12. The zero-order valence-corrected chi connectivity index (χ0v) is 15.7. The van der Waals surface area contributed by atoms with Crippen LogP contribution in [0.4, 0.5) is 0 Å². The first-order valence-electron chi connectivity index (χ1n) is 7.66. The number of rotatable bonds is 14. The third kappa shape index (κ3) is 9.07. The third-order valence-electron chi connectivity index (χ3n) is 2.69. The summed E-state index contributed by atoms with van der Waals surface area (Å²) in [6, 6.07) is 2.85. The lowest BCUT2D eigenvalue weighted by Gasteiger charge is -2.15. The standard InChI is InChI=1S/C16H23ClO9/c1-12(18)25-26-13-8-14(17)16(24-11-22-7-5-20-3)15(9-13)23-10-21-6-4-19-2/h8-9H,4-7,10-11H2,1-3H3. The Morgan fingerprint density at radius 1 is 0.962 bits per heavy atom. The Morgan fingerprint density at radius 2 is 1.58 bits per heavy atom. The van der Waals surface area contributed by atoms with Crippen molar-refractivity contribution in [3.8, 4) is 17.2 Å². The van der Waals surface area contributed by atoms with Crippen molar-refractivity contribution in [3.63, 3.8) is 0 Å². The second kappa shape index (κ2) is 13.4. The van der Waals surface area contributed by atoms with Gasteiger partial charge in [-0.1, -0.05) is 11.6 Å². The molecule has 0 heterocycles. The Hall–Kier alpha value is -1.78. The molecule has 0 N–H and O–H groups in total. The molecule has 0 fully saturated rings. The van der Waals surface area contributed by atoms with Crippen LogP contribution in [-0.4, -0.2) is 60.2 Å². The normalized spacial score (nSPS) is 10.5. The fraction of sp³-hybridized carbons (Fsp3) is 0.562. The van der Waals surface area contributed by atoms with E-state index < -0.39 is 5.97 Å². The summed E-state index contributed by atoms with van der Waals surface area (Å²) in [7, 11) is 3.13. The van der Waals surface area contributed by atoms with Gasteiger partial charge in [-0.3, -0.25) is 9.78 Å². The predicted octanol–water partition coefficient (Wildman–Crippen LogP) is 2.20. The van der Waals surface area contributed by atoms with E-state index in [0.717, 1.165) is 0 Å². The van der Waals surface area contributed by atoms with Crippen molar-refractivity contribution in [3.05, 3.63) is 17.2 Å². The predicted molar refractivity (Wildman–Crippen MR) is 90.5 cm³/mol. The van der Waals surface area contributed by atoms with Crippen molar-refractivity contribution in [2.75, 3.05) is 54.2 Å². The zero-order valence-electron chi connectivity index (χ0n) is 14.9. The van der Waals surface area contributed by atoms with Crippen molar-refractivity contribution in [2.24, 2.45) is 0 Å². The number of carbonyl (C=O) groups excluding carboxylic acids is 1. The minimum atomic E-state index is -0.613. The highest BCUT2D eigenvalue weighted by atomic mass is 35.5. The Kier molecular flexibility index (Phi) is 11.5. The molecule has 1 rings (SSSR count). The van der Waals surface area contributed by atoms with E-state index in [1.807, 2.05) is 0 Å². The molecular weight excluding hydrogens is 372 g/mol. The molecule has 0 bridgehead atoms. The van der Waals surface area contributed by atoms with Crippen LogP contribution in [0.3, 0.4) is 0 Å². The first-order chi connectivity index (χ1) is 12.6. The van der Waals surface area contributed by atoms with Crippen LogP contribution in [0.15, 0.2) is 12.1 Å². The van der Waals surface area contributed by atoms with Gasteiger partial charge in [0.15, 0.2) is 30.8 Å². The maximum absolute atomic E-state index is 10.9. The van der Waals surface area contributed by atoms with Gasteiger partial charge in [-0.2, -0.15) is 0 Å². The molecule has 0 amide bonds. The number of methoxy groups -OCH3 is 2. The van der Waals surface area contributed by atoms with E-state index in [4.69, 9.17) is 44.9 Å². The summed E-state index contributed by atoms with van der Waals surface area (Å²) in [5, 5.41) is 0.178. The number of halogens is 1. The molecule has 0 spiro atoms. The largest absolute Gasteiger partial charge is 0.463 e. The van der Waals surface area contributed by atoms with Crippen molar-refractivity contribution < 1.29 is 43.0 Å². The van der Waals surface area contributed by atoms with Gasteiger partial charge < -0.3 is 28.4 Å². The molecule has 0 aliphatic carbocycles. The molecular formula is C16H23ClO9. The minimum Gasteiger partial charge on any atom is -0.463 e. The summed E-state index contributed by atoms with van der Waals surface area (Å²) in [4.78, 5) is 20.2. The van der Waals surface area contributed by atoms with Crippen LogP contribution in [0.25, 0.3) is 0 Å². The van der Waals surface area contributed by atoms with Gasteiger partial charge in [-0.05, 0) is 0 Å². The molecule has 0 radical (unpaired) electrons. The van der Waals surface area contributed by atoms with Crippen LogP contribution >= 0.6 is 11.6 Å². The molecule has 1 aromatic carbocycles. The molecule has 1 aromatic rings. The third-order valence-corrected chi connectivity index (χ3v) is 2.97. The fourth-order valence-corrected chi connectivity index (χ4v) is 1.81. The maximum Gasteiger partial charge on any atom is 0.352 e. The van der Waals surface area contributed by atoms with Gasteiger partial charge in [0.25, 0.3) is 0 Å². The van der Waals surface area contributed by atoms with Crippen molar-refractivity contribution in [2.45, 2.75) is 6.92 Å². The van der Waals surface area contributed by atoms with Crippen molar-refractivity contribution >= 4 is 17.6 Å². The summed E-state index contributed by atoms with van der Waals surface area (Å²) in [5.74, 6) is 0.00473. The average molecular weight is 395 g/mol. The Bertz CT molecular complexity index is 539. The van der Waals surface area contributed by atoms with E-state index in [9.17, 15) is 4.79 Å². The summed E-state index contributed by atoms with van der Waals surface area (Å²) in [5.41, 5.74) is 0. The number of hydrogen-bond acceptors (Lipinski definition) is 9. The van der Waals surface area contributed by atoms with E-state index in [1.165, 1.54) is 19.1 Å². The summed E-state index contributed by atoms with van der Waals surface area (Å²) >= 11 is 6.19. The minimum absolute atomic E-state index is 0.0614. The Balaban J connectivity index is 2.74. The molecule has 0 atom stereocenters. The SMILES string of the molecule is COCCOCOc1cc(OOC(C)=O)cc(Cl)c1OCOCCOC. The van der Waals surface area contributed by atoms with E-state index >= 15 is 0 Å². The zero-order chi connectivity index (χ0) is 19.2. The van der Waals surface area contributed by atoms with Crippen molar-refractivity contribution in [1.29, 1.82) is 0 Å². The molecule has 0 saturated carbocycles. The lowest BCUT2D eigenvalue weighted by molar-refractivity contribution is -0.210. The quantitative estimate of drug-likeness (QED) is 0.204. The van der Waals surface area contributed by atoms with Crippen LogP contribution in [0.2, 0.25) is 5.02 Å². The molecule has 0 aliphatic heterocycles. The molecule has 0 aromatic heterocycles. The van der Waals surface area contributed by atoms with Gasteiger partial charge in [0.2, 0.25) is 0 Å². The van der Waals surface area contributed by atoms with E-state index in [2.05, 4.69) is 4.89 Å². The van der Waals surface area contributed by atoms with E-state index in [-0.39, 0.29) is 35.9 Å². The van der Waals surface area contributed by atoms with Crippen LogP contribution in [-0.2, 0) is 28.6 Å².